The Morgan fingerprint density at radius 1 is 0.667 bits per heavy atom. The van der Waals surface area contributed by atoms with Crippen LogP contribution < -0.4 is 15.8 Å². The van der Waals surface area contributed by atoms with E-state index in [-0.39, 0.29) is 5.92 Å². The average molecular weight is 562 g/mol. The molecular weight excluding hydrogens is 534 g/mol. The van der Waals surface area contributed by atoms with Crippen LogP contribution in [0.2, 0.25) is 5.02 Å². The minimum absolute atomic E-state index is 0.0150. The first-order chi connectivity index (χ1) is 16.0. The molecule has 0 aliphatic heterocycles. The fourth-order valence-electron chi connectivity index (χ4n) is 3.78. The number of benzene rings is 4. The molecule has 4 heteroatoms. The van der Waals surface area contributed by atoms with Gasteiger partial charge in [-0.1, -0.05) is 37.6 Å². The summed E-state index contributed by atoms with van der Waals surface area (Å²) in [5.41, 5.74) is 0.740. The van der Waals surface area contributed by atoms with Crippen molar-refractivity contribution in [1.82, 2.24) is 0 Å². The van der Waals surface area contributed by atoms with Gasteiger partial charge in [-0.2, -0.15) is 0 Å². The first kappa shape index (κ1) is 25.1. The van der Waals surface area contributed by atoms with E-state index in [0.717, 1.165) is 5.56 Å². The summed E-state index contributed by atoms with van der Waals surface area (Å²) in [5, 5.41) is 11.5. The Hall–Kier alpha value is -2.56. The third-order valence-corrected chi connectivity index (χ3v) is 13.4. The van der Waals surface area contributed by atoms with Crippen LogP contribution in [-0.4, -0.2) is 25.7 Å². The van der Waals surface area contributed by atoms with Crippen LogP contribution in [0.15, 0.2) is 115 Å². The molecule has 0 saturated carbocycles. The Morgan fingerprint density at radius 2 is 1.03 bits per heavy atom. The fraction of sp³-hybridized carbons (Fsp3) is 0.138. The number of carbonyl (C=O) groups is 1. The van der Waals surface area contributed by atoms with Gasteiger partial charge in [0, 0.05) is 16.9 Å². The molecule has 0 heterocycles. The number of carboxylic acid groups (broad SMARTS) is 1. The molecule has 1 atom stereocenters. The third-order valence-electron chi connectivity index (χ3n) is 5.34. The van der Waals surface area contributed by atoms with Crippen molar-refractivity contribution in [3.8, 4) is 0 Å². The first-order valence-electron chi connectivity index (χ1n) is 11.0. The van der Waals surface area contributed by atoms with Gasteiger partial charge in [-0.25, -0.2) is 0 Å². The van der Waals surface area contributed by atoms with Crippen LogP contribution in [0.1, 0.15) is 25.3 Å². The summed E-state index contributed by atoms with van der Waals surface area (Å²) in [6, 6.07) is 39.8. The zero-order valence-electron chi connectivity index (χ0n) is 18.8. The molecule has 166 valence electrons. The Balaban J connectivity index is 0.000000196. The van der Waals surface area contributed by atoms with Crippen molar-refractivity contribution in [3.63, 3.8) is 0 Å². The minimum atomic E-state index is -1.98. The van der Waals surface area contributed by atoms with E-state index >= 15 is 0 Å². The molecule has 0 saturated heterocycles. The maximum absolute atomic E-state index is 10.9. The standard InChI is InChI=1S/C11H13ClO2.3C6H5.Sn/c1-7(2)10(11(13)14)8-3-5-9(12)6-4-8;3*1-2-4-6-5-3-1;/h3-7,10H,1-2H3,(H,13,14);3*1-5H;/q;;;;+1/p-1. The quantitative estimate of drug-likeness (QED) is 0.334. The Bertz CT molecular complexity index is 1020. The molecule has 0 spiro atoms. The maximum atomic E-state index is 10.9. The van der Waals surface area contributed by atoms with Crippen molar-refractivity contribution < 1.29 is 9.90 Å². The molecule has 1 unspecified atom stereocenters. The second-order valence-electron chi connectivity index (χ2n) is 8.07. The summed E-state index contributed by atoms with van der Waals surface area (Å²) in [7, 11) is 0. The van der Waals surface area contributed by atoms with Crippen LogP contribution in [0.5, 0.6) is 0 Å². The van der Waals surface area contributed by atoms with Gasteiger partial charge in [0.2, 0.25) is 0 Å². The van der Waals surface area contributed by atoms with Gasteiger partial charge in [-0.15, -0.1) is 0 Å². The summed E-state index contributed by atoms with van der Waals surface area (Å²) in [5.74, 6) is -1.59. The van der Waals surface area contributed by atoms with Crippen molar-refractivity contribution in [2.24, 2.45) is 5.92 Å². The number of halogens is 1. The van der Waals surface area contributed by atoms with Gasteiger partial charge in [-0.3, -0.25) is 0 Å². The third kappa shape index (κ3) is 7.21. The van der Waals surface area contributed by atoms with Gasteiger partial charge in [0.1, 0.15) is 0 Å². The molecule has 0 aliphatic rings. The second kappa shape index (κ2) is 12.6. The van der Waals surface area contributed by atoms with E-state index in [4.69, 9.17) is 11.6 Å². The molecule has 4 aromatic rings. The van der Waals surface area contributed by atoms with Crippen molar-refractivity contribution in [2.75, 3.05) is 0 Å². The number of rotatable bonds is 6. The fourth-order valence-corrected chi connectivity index (χ4v) is 11.3. The first-order valence-corrected chi connectivity index (χ1v) is 15.6. The number of aliphatic carboxylic acids is 1. The van der Waals surface area contributed by atoms with Crippen molar-refractivity contribution >= 4 is 48.1 Å². The molecule has 0 bridgehead atoms. The summed E-state index contributed by atoms with van der Waals surface area (Å²) in [4.78, 5) is 10.9. The summed E-state index contributed by atoms with van der Waals surface area (Å²) < 4.78 is 4.59. The van der Waals surface area contributed by atoms with E-state index < -0.39 is 31.6 Å². The molecule has 0 aliphatic carbocycles. The molecule has 0 aromatic heterocycles. The van der Waals surface area contributed by atoms with E-state index in [0.29, 0.717) is 5.02 Å². The predicted molar refractivity (Wildman–Crippen MR) is 138 cm³/mol. The number of hydrogen-bond donors (Lipinski definition) is 0. The number of carbonyl (C=O) groups excluding carboxylic acids is 1. The van der Waals surface area contributed by atoms with Gasteiger partial charge in [-0.05, 0) is 23.6 Å². The summed E-state index contributed by atoms with van der Waals surface area (Å²) >= 11 is 3.73. The van der Waals surface area contributed by atoms with Crippen LogP contribution in [0.4, 0.5) is 0 Å². The number of hydrogen-bond acceptors (Lipinski definition) is 2. The van der Waals surface area contributed by atoms with E-state index in [1.165, 1.54) is 10.7 Å². The van der Waals surface area contributed by atoms with Gasteiger partial charge < -0.3 is 9.90 Å². The Kier molecular flexibility index (Phi) is 9.59. The van der Waals surface area contributed by atoms with E-state index in [2.05, 4.69) is 91.0 Å². The summed E-state index contributed by atoms with van der Waals surface area (Å²) in [6.07, 6.45) is 0. The Labute approximate surface area is 208 Å². The van der Waals surface area contributed by atoms with E-state index in [1.807, 2.05) is 13.8 Å². The van der Waals surface area contributed by atoms with E-state index in [1.54, 1.807) is 24.3 Å². The topological polar surface area (TPSA) is 40.1 Å². The molecule has 4 aromatic carbocycles. The van der Waals surface area contributed by atoms with Crippen LogP contribution in [-0.2, 0) is 4.79 Å². The molecule has 0 radical (unpaired) electrons. The van der Waals surface area contributed by atoms with Crippen molar-refractivity contribution in [1.29, 1.82) is 0 Å². The molecule has 4 rings (SSSR count). The van der Waals surface area contributed by atoms with E-state index in [9.17, 15) is 9.90 Å². The van der Waals surface area contributed by atoms with Crippen LogP contribution in [0.3, 0.4) is 0 Å². The van der Waals surface area contributed by atoms with Gasteiger partial charge in [0.05, 0.1) is 0 Å². The zero-order chi connectivity index (χ0) is 23.6. The molecule has 0 amide bonds. The molecule has 2 nitrogen and oxygen atoms in total. The predicted octanol–water partition coefficient (Wildman–Crippen LogP) is 4.03. The Morgan fingerprint density at radius 3 is 1.33 bits per heavy atom. The monoisotopic (exact) mass is 562 g/mol. The van der Waals surface area contributed by atoms with Gasteiger partial charge >= 0.3 is 121 Å². The normalized spacial score (nSPS) is 11.3. The summed E-state index contributed by atoms with van der Waals surface area (Å²) in [6.45, 7) is 3.71. The van der Waals surface area contributed by atoms with Crippen molar-refractivity contribution in [3.05, 3.63) is 126 Å². The molecule has 33 heavy (non-hydrogen) atoms. The van der Waals surface area contributed by atoms with Crippen LogP contribution >= 0.6 is 11.6 Å². The molecule has 0 fully saturated rings. The average Bonchev–Trinajstić information content (AvgIpc) is 2.83. The van der Waals surface area contributed by atoms with Crippen molar-refractivity contribution in [2.45, 2.75) is 19.8 Å². The molecular formula is C29H27ClO2Sn. The molecule has 0 N–H and O–H groups in total. The SMILES string of the molecule is CC(C)C(C(=O)[O-])c1ccc(Cl)cc1.c1cc[c]([Sn+]([c]2ccccc2)[c]2ccccc2)cc1. The van der Waals surface area contributed by atoms with Crippen LogP contribution in [0, 0.1) is 5.92 Å². The van der Waals surface area contributed by atoms with Gasteiger partial charge in [0.15, 0.2) is 0 Å². The second-order valence-corrected chi connectivity index (χ2v) is 15.6. The van der Waals surface area contributed by atoms with Crippen LogP contribution in [0.25, 0.3) is 0 Å². The number of carboxylic acids is 1. The zero-order valence-corrected chi connectivity index (χ0v) is 22.4. The van der Waals surface area contributed by atoms with Gasteiger partial charge in [0.25, 0.3) is 0 Å².